The van der Waals surface area contributed by atoms with Crippen LogP contribution in [0.4, 0.5) is 0 Å². The smallest absolute Gasteiger partial charge is 0.337 e. The maximum absolute atomic E-state index is 11.6. The van der Waals surface area contributed by atoms with Crippen LogP contribution in [0.25, 0.3) is 0 Å². The van der Waals surface area contributed by atoms with Crippen LogP contribution in [0.5, 0.6) is 0 Å². The van der Waals surface area contributed by atoms with Gasteiger partial charge in [-0.2, -0.15) is 0 Å². The summed E-state index contributed by atoms with van der Waals surface area (Å²) in [7, 11) is 1.32. The van der Waals surface area contributed by atoms with Crippen molar-refractivity contribution in [2.75, 3.05) is 13.7 Å². The van der Waals surface area contributed by atoms with Crippen molar-refractivity contribution in [2.45, 2.75) is 19.9 Å². The molecule has 1 saturated carbocycles. The summed E-state index contributed by atoms with van der Waals surface area (Å²) in [6.07, 6.45) is 0.840. The Kier molecular flexibility index (Phi) is 5.14. The predicted octanol–water partition coefficient (Wildman–Crippen LogP) is 1.29. The van der Waals surface area contributed by atoms with Gasteiger partial charge in [-0.1, -0.05) is 19.1 Å². The molecule has 0 spiro atoms. The number of hydrogen-bond acceptors (Lipinski definition) is 5. The quantitative estimate of drug-likeness (QED) is 0.801. The molecule has 0 aromatic heterocycles. The van der Waals surface area contributed by atoms with Gasteiger partial charge in [0, 0.05) is 6.54 Å². The molecule has 0 aliphatic heterocycles. The first-order chi connectivity index (χ1) is 10.5. The number of benzene rings is 1. The van der Waals surface area contributed by atoms with Crippen molar-refractivity contribution in [1.82, 2.24) is 5.32 Å². The largest absolute Gasteiger partial charge is 0.465 e. The highest BCUT2D eigenvalue weighted by Gasteiger charge is 2.40. The van der Waals surface area contributed by atoms with Crippen molar-refractivity contribution in [3.8, 4) is 0 Å². The molecule has 1 N–H and O–H groups in total. The molecule has 0 heterocycles. The molecule has 1 fully saturated rings. The fourth-order valence-electron chi connectivity index (χ4n) is 2.02. The van der Waals surface area contributed by atoms with Crippen LogP contribution in [0.2, 0.25) is 0 Å². The van der Waals surface area contributed by atoms with E-state index in [1.54, 1.807) is 24.3 Å². The van der Waals surface area contributed by atoms with E-state index in [1.165, 1.54) is 7.11 Å². The third-order valence-electron chi connectivity index (χ3n) is 3.62. The maximum Gasteiger partial charge on any atom is 0.337 e. The Labute approximate surface area is 128 Å². The number of nitrogens with one attached hydrogen (secondary N) is 1. The first-order valence-corrected chi connectivity index (χ1v) is 7.12. The van der Waals surface area contributed by atoms with Crippen molar-refractivity contribution in [3.63, 3.8) is 0 Å². The third-order valence-corrected chi connectivity index (χ3v) is 3.62. The fraction of sp³-hybridized carbons (Fsp3) is 0.438. The molecule has 6 nitrogen and oxygen atoms in total. The van der Waals surface area contributed by atoms with Crippen molar-refractivity contribution < 1.29 is 23.9 Å². The molecule has 1 aliphatic carbocycles. The number of ether oxygens (including phenoxy) is 2. The van der Waals surface area contributed by atoms with Crippen LogP contribution in [0.15, 0.2) is 24.3 Å². The van der Waals surface area contributed by atoms with E-state index in [4.69, 9.17) is 4.74 Å². The zero-order valence-corrected chi connectivity index (χ0v) is 12.6. The minimum Gasteiger partial charge on any atom is -0.465 e. The summed E-state index contributed by atoms with van der Waals surface area (Å²) in [5.74, 6) is -0.733. The molecule has 0 saturated heterocycles. The standard InChI is InChI=1S/C16H19NO5/c1-10-7-13(10)16(20)22-9-14(18)17-8-11-3-5-12(6-4-11)15(19)21-2/h3-6,10,13H,7-9H2,1-2H3,(H,17,18)/t10-,13-/m1/s1. The van der Waals surface area contributed by atoms with Crippen LogP contribution in [-0.2, 0) is 25.6 Å². The second-order valence-electron chi connectivity index (χ2n) is 5.39. The van der Waals surface area contributed by atoms with Crippen LogP contribution in [0, 0.1) is 11.8 Å². The molecule has 0 bridgehead atoms. The lowest BCUT2D eigenvalue weighted by atomic mass is 10.1. The summed E-state index contributed by atoms with van der Waals surface area (Å²) in [4.78, 5) is 34.4. The minimum absolute atomic E-state index is 0.0429. The van der Waals surface area contributed by atoms with E-state index in [9.17, 15) is 14.4 Å². The second-order valence-corrected chi connectivity index (χ2v) is 5.39. The van der Waals surface area contributed by atoms with Gasteiger partial charge in [0.1, 0.15) is 0 Å². The van der Waals surface area contributed by atoms with Crippen molar-refractivity contribution >= 4 is 17.8 Å². The zero-order valence-electron chi connectivity index (χ0n) is 12.6. The summed E-state index contributed by atoms with van der Waals surface area (Å²) in [5, 5.41) is 2.66. The van der Waals surface area contributed by atoms with E-state index in [1.807, 2.05) is 6.92 Å². The molecular weight excluding hydrogens is 286 g/mol. The summed E-state index contributed by atoms with van der Waals surface area (Å²) < 4.78 is 9.54. The Hall–Kier alpha value is -2.37. The van der Waals surface area contributed by atoms with Gasteiger partial charge in [-0.15, -0.1) is 0 Å². The topological polar surface area (TPSA) is 81.7 Å². The van der Waals surface area contributed by atoms with Gasteiger partial charge in [-0.3, -0.25) is 9.59 Å². The summed E-state index contributed by atoms with van der Waals surface area (Å²) in [6.45, 7) is 2.02. The lowest BCUT2D eigenvalue weighted by Gasteiger charge is -2.07. The molecule has 1 aromatic carbocycles. The van der Waals surface area contributed by atoms with E-state index in [0.717, 1.165) is 12.0 Å². The van der Waals surface area contributed by atoms with E-state index in [-0.39, 0.29) is 24.4 Å². The summed E-state index contributed by atoms with van der Waals surface area (Å²) in [5.41, 5.74) is 1.29. The predicted molar refractivity (Wildman–Crippen MR) is 77.9 cm³/mol. The molecule has 1 aromatic rings. The van der Waals surface area contributed by atoms with Crippen LogP contribution in [0.3, 0.4) is 0 Å². The minimum atomic E-state index is -0.406. The Morgan fingerprint density at radius 1 is 1.23 bits per heavy atom. The number of carbonyl (C=O) groups is 3. The van der Waals surface area contributed by atoms with Gasteiger partial charge >= 0.3 is 11.9 Å². The number of carbonyl (C=O) groups excluding carboxylic acids is 3. The third kappa shape index (κ3) is 4.31. The van der Waals surface area contributed by atoms with E-state index in [2.05, 4.69) is 10.1 Å². The average Bonchev–Trinajstić information content (AvgIpc) is 3.27. The van der Waals surface area contributed by atoms with E-state index < -0.39 is 5.97 Å². The number of methoxy groups -OCH3 is 1. The Morgan fingerprint density at radius 3 is 2.41 bits per heavy atom. The molecular formula is C16H19NO5. The molecule has 0 radical (unpaired) electrons. The number of amides is 1. The van der Waals surface area contributed by atoms with Gasteiger partial charge in [0.05, 0.1) is 18.6 Å². The summed E-state index contributed by atoms with van der Waals surface area (Å²) in [6, 6.07) is 6.71. The van der Waals surface area contributed by atoms with E-state index >= 15 is 0 Å². The number of rotatable bonds is 6. The van der Waals surface area contributed by atoms with Gasteiger partial charge in [0.2, 0.25) is 0 Å². The van der Waals surface area contributed by atoms with Crippen LogP contribution < -0.4 is 5.32 Å². The Morgan fingerprint density at radius 2 is 1.86 bits per heavy atom. The number of hydrogen-bond donors (Lipinski definition) is 1. The average molecular weight is 305 g/mol. The normalized spacial score (nSPS) is 19.2. The van der Waals surface area contributed by atoms with Gasteiger partial charge in [0.25, 0.3) is 5.91 Å². The van der Waals surface area contributed by atoms with Gasteiger partial charge < -0.3 is 14.8 Å². The van der Waals surface area contributed by atoms with Gasteiger partial charge in [-0.25, -0.2) is 4.79 Å². The first-order valence-electron chi connectivity index (χ1n) is 7.12. The van der Waals surface area contributed by atoms with Crippen molar-refractivity contribution in [2.24, 2.45) is 11.8 Å². The first kappa shape index (κ1) is 16.0. The maximum atomic E-state index is 11.6. The molecule has 2 rings (SSSR count). The van der Waals surface area contributed by atoms with Crippen molar-refractivity contribution in [1.29, 1.82) is 0 Å². The van der Waals surface area contributed by atoms with Crippen LogP contribution in [-0.4, -0.2) is 31.6 Å². The monoisotopic (exact) mass is 305 g/mol. The summed E-state index contributed by atoms with van der Waals surface area (Å²) >= 11 is 0. The molecule has 0 unspecified atom stereocenters. The lowest BCUT2D eigenvalue weighted by Crippen LogP contribution is -2.28. The van der Waals surface area contributed by atoms with Crippen molar-refractivity contribution in [3.05, 3.63) is 35.4 Å². The number of esters is 2. The highest BCUT2D eigenvalue weighted by molar-refractivity contribution is 5.89. The Balaban J connectivity index is 1.71. The van der Waals surface area contributed by atoms with Gasteiger partial charge in [-0.05, 0) is 30.0 Å². The molecule has 2 atom stereocenters. The van der Waals surface area contributed by atoms with E-state index in [0.29, 0.717) is 18.0 Å². The zero-order chi connectivity index (χ0) is 16.1. The molecule has 118 valence electrons. The SMILES string of the molecule is COC(=O)c1ccc(CNC(=O)COC(=O)[C@@H]2C[C@H]2C)cc1. The van der Waals surface area contributed by atoms with Crippen LogP contribution in [0.1, 0.15) is 29.3 Å². The highest BCUT2D eigenvalue weighted by atomic mass is 16.5. The van der Waals surface area contributed by atoms with Gasteiger partial charge in [0.15, 0.2) is 6.61 Å². The van der Waals surface area contributed by atoms with Crippen LogP contribution >= 0.6 is 0 Å². The lowest BCUT2D eigenvalue weighted by molar-refractivity contribution is -0.150. The molecule has 1 amide bonds. The second kappa shape index (κ2) is 7.06. The molecule has 22 heavy (non-hydrogen) atoms. The fourth-order valence-corrected chi connectivity index (χ4v) is 2.02. The molecule has 1 aliphatic rings. The Bertz CT molecular complexity index is 566. The molecule has 6 heteroatoms. The highest BCUT2D eigenvalue weighted by Crippen LogP contribution is 2.38.